The normalized spacial score (nSPS) is 12.5. The van der Waals surface area contributed by atoms with Crippen LogP contribution in [0.25, 0.3) is 0 Å². The van der Waals surface area contributed by atoms with Gasteiger partial charge in [-0.05, 0) is 54.8 Å². The molecule has 0 aliphatic carbocycles. The largest absolute Gasteiger partial charge is 0.388 e. The molecule has 1 aromatic heterocycles. The van der Waals surface area contributed by atoms with Gasteiger partial charge in [0.25, 0.3) is 0 Å². The molecule has 0 spiro atoms. The Morgan fingerprint density at radius 2 is 1.77 bits per heavy atom. The highest BCUT2D eigenvalue weighted by Gasteiger charge is 2.10. The molecule has 118 valence electrons. The highest BCUT2D eigenvalue weighted by molar-refractivity contribution is 5.18. The number of nitrogens with zero attached hydrogens (tertiary/aromatic N) is 2. The SMILES string of the molecule is CCN(CCc1ccncc1)CCC(O)c1ccc(F)cc1. The molecule has 0 amide bonds. The fourth-order valence-electron chi connectivity index (χ4n) is 2.42. The minimum Gasteiger partial charge on any atom is -0.388 e. The zero-order valence-electron chi connectivity index (χ0n) is 13.0. The Morgan fingerprint density at radius 1 is 1.09 bits per heavy atom. The van der Waals surface area contributed by atoms with Crippen LogP contribution in [-0.4, -0.2) is 34.6 Å². The van der Waals surface area contributed by atoms with Crippen molar-refractivity contribution in [2.24, 2.45) is 0 Å². The summed E-state index contributed by atoms with van der Waals surface area (Å²) in [7, 11) is 0. The van der Waals surface area contributed by atoms with Crippen LogP contribution >= 0.6 is 0 Å². The number of rotatable bonds is 8. The number of likely N-dealkylation sites (N-methyl/N-ethyl adjacent to an activating group) is 1. The molecule has 0 saturated carbocycles. The minimum absolute atomic E-state index is 0.275. The third-order valence-electron chi connectivity index (χ3n) is 3.89. The smallest absolute Gasteiger partial charge is 0.123 e. The quantitative estimate of drug-likeness (QED) is 0.813. The number of benzene rings is 1. The third kappa shape index (κ3) is 5.20. The molecule has 0 aliphatic rings. The van der Waals surface area contributed by atoms with Crippen molar-refractivity contribution in [2.45, 2.75) is 25.9 Å². The first kappa shape index (κ1) is 16.6. The lowest BCUT2D eigenvalue weighted by molar-refractivity contribution is 0.144. The van der Waals surface area contributed by atoms with Gasteiger partial charge in [-0.25, -0.2) is 4.39 Å². The van der Waals surface area contributed by atoms with Crippen molar-refractivity contribution in [1.82, 2.24) is 9.88 Å². The standard InChI is InChI=1S/C18H23FN2O/c1-2-21(13-9-15-7-11-20-12-8-15)14-10-18(22)16-3-5-17(19)6-4-16/h3-8,11-12,18,22H,2,9-10,13-14H2,1H3. The summed E-state index contributed by atoms with van der Waals surface area (Å²) in [5, 5.41) is 10.2. The van der Waals surface area contributed by atoms with Gasteiger partial charge in [-0.15, -0.1) is 0 Å². The van der Waals surface area contributed by atoms with E-state index in [9.17, 15) is 9.50 Å². The Balaban J connectivity index is 1.79. The van der Waals surface area contributed by atoms with Crippen LogP contribution in [0.1, 0.15) is 30.6 Å². The highest BCUT2D eigenvalue weighted by atomic mass is 19.1. The predicted molar refractivity (Wildman–Crippen MR) is 86.0 cm³/mol. The molecule has 0 radical (unpaired) electrons. The van der Waals surface area contributed by atoms with Crippen LogP contribution in [0.15, 0.2) is 48.8 Å². The number of hydrogen-bond donors (Lipinski definition) is 1. The van der Waals surface area contributed by atoms with Gasteiger partial charge in [0.2, 0.25) is 0 Å². The molecule has 1 aromatic carbocycles. The molecular formula is C18H23FN2O. The van der Waals surface area contributed by atoms with Gasteiger partial charge >= 0.3 is 0 Å². The Hall–Kier alpha value is -1.78. The molecule has 2 rings (SSSR count). The highest BCUT2D eigenvalue weighted by Crippen LogP contribution is 2.17. The van der Waals surface area contributed by atoms with Crippen LogP contribution in [0.3, 0.4) is 0 Å². The van der Waals surface area contributed by atoms with E-state index in [4.69, 9.17) is 0 Å². The lowest BCUT2D eigenvalue weighted by Crippen LogP contribution is -2.28. The van der Waals surface area contributed by atoms with Crippen molar-refractivity contribution in [3.63, 3.8) is 0 Å². The second-order valence-electron chi connectivity index (χ2n) is 5.40. The molecule has 0 saturated heterocycles. The van der Waals surface area contributed by atoms with E-state index in [2.05, 4.69) is 16.8 Å². The molecule has 4 heteroatoms. The van der Waals surface area contributed by atoms with E-state index in [1.165, 1.54) is 17.7 Å². The number of pyridine rings is 1. The van der Waals surface area contributed by atoms with E-state index in [0.717, 1.165) is 31.6 Å². The molecule has 3 nitrogen and oxygen atoms in total. The maximum atomic E-state index is 12.9. The van der Waals surface area contributed by atoms with Crippen LogP contribution in [0.4, 0.5) is 4.39 Å². The Kier molecular flexibility index (Phi) is 6.49. The van der Waals surface area contributed by atoms with Gasteiger partial charge < -0.3 is 10.0 Å². The summed E-state index contributed by atoms with van der Waals surface area (Å²) in [5.74, 6) is -0.275. The van der Waals surface area contributed by atoms with Crippen LogP contribution in [0, 0.1) is 5.82 Å². The summed E-state index contributed by atoms with van der Waals surface area (Å²) >= 11 is 0. The maximum absolute atomic E-state index is 12.9. The predicted octanol–water partition coefficient (Wildman–Crippen LogP) is 3.21. The first-order chi connectivity index (χ1) is 10.7. The number of aliphatic hydroxyl groups is 1. The van der Waals surface area contributed by atoms with Crippen molar-refractivity contribution in [3.05, 3.63) is 65.7 Å². The fraction of sp³-hybridized carbons (Fsp3) is 0.389. The van der Waals surface area contributed by atoms with E-state index in [1.54, 1.807) is 12.1 Å². The molecular weight excluding hydrogens is 279 g/mol. The lowest BCUT2D eigenvalue weighted by Gasteiger charge is -2.22. The van der Waals surface area contributed by atoms with Crippen molar-refractivity contribution in [1.29, 1.82) is 0 Å². The molecule has 2 aromatic rings. The molecule has 1 heterocycles. The van der Waals surface area contributed by atoms with E-state index >= 15 is 0 Å². The topological polar surface area (TPSA) is 36.4 Å². The van der Waals surface area contributed by atoms with E-state index in [0.29, 0.717) is 6.42 Å². The van der Waals surface area contributed by atoms with Gasteiger partial charge in [-0.1, -0.05) is 19.1 Å². The minimum atomic E-state index is -0.546. The Morgan fingerprint density at radius 3 is 2.41 bits per heavy atom. The van der Waals surface area contributed by atoms with Gasteiger partial charge in [0.15, 0.2) is 0 Å². The second-order valence-corrected chi connectivity index (χ2v) is 5.40. The van der Waals surface area contributed by atoms with Crippen molar-refractivity contribution >= 4 is 0 Å². The summed E-state index contributed by atoms with van der Waals surface area (Å²) in [4.78, 5) is 6.33. The van der Waals surface area contributed by atoms with Gasteiger partial charge in [-0.3, -0.25) is 4.98 Å². The molecule has 22 heavy (non-hydrogen) atoms. The number of aromatic nitrogens is 1. The summed E-state index contributed by atoms with van der Waals surface area (Å²) < 4.78 is 12.9. The summed E-state index contributed by atoms with van der Waals surface area (Å²) in [6.45, 7) is 4.84. The molecule has 1 N–H and O–H groups in total. The Bertz CT molecular complexity index is 545. The van der Waals surface area contributed by atoms with Crippen LogP contribution < -0.4 is 0 Å². The fourth-order valence-corrected chi connectivity index (χ4v) is 2.42. The lowest BCUT2D eigenvalue weighted by atomic mass is 10.1. The average molecular weight is 302 g/mol. The zero-order valence-corrected chi connectivity index (χ0v) is 13.0. The second kappa shape index (κ2) is 8.61. The van der Waals surface area contributed by atoms with Gasteiger partial charge in [0.05, 0.1) is 6.10 Å². The average Bonchev–Trinajstić information content (AvgIpc) is 2.56. The van der Waals surface area contributed by atoms with Crippen molar-refractivity contribution in [3.8, 4) is 0 Å². The molecule has 0 bridgehead atoms. The summed E-state index contributed by atoms with van der Waals surface area (Å²) in [6.07, 6.45) is 4.70. The number of halogens is 1. The zero-order chi connectivity index (χ0) is 15.8. The molecule has 0 aliphatic heterocycles. The Labute approximate surface area is 131 Å². The maximum Gasteiger partial charge on any atom is 0.123 e. The number of hydrogen-bond acceptors (Lipinski definition) is 3. The van der Waals surface area contributed by atoms with Crippen LogP contribution in [0.5, 0.6) is 0 Å². The van der Waals surface area contributed by atoms with Crippen molar-refractivity contribution < 1.29 is 9.50 Å². The van der Waals surface area contributed by atoms with Crippen LogP contribution in [-0.2, 0) is 6.42 Å². The molecule has 0 fully saturated rings. The summed E-state index contributed by atoms with van der Waals surface area (Å²) in [6, 6.07) is 10.1. The molecule has 1 unspecified atom stereocenters. The van der Waals surface area contributed by atoms with Gasteiger partial charge in [0, 0.05) is 25.5 Å². The first-order valence-corrected chi connectivity index (χ1v) is 7.74. The molecule has 1 atom stereocenters. The first-order valence-electron chi connectivity index (χ1n) is 7.74. The third-order valence-corrected chi connectivity index (χ3v) is 3.89. The van der Waals surface area contributed by atoms with E-state index in [-0.39, 0.29) is 5.82 Å². The van der Waals surface area contributed by atoms with E-state index < -0.39 is 6.10 Å². The monoisotopic (exact) mass is 302 g/mol. The van der Waals surface area contributed by atoms with E-state index in [1.807, 2.05) is 24.5 Å². The van der Waals surface area contributed by atoms with Crippen molar-refractivity contribution in [2.75, 3.05) is 19.6 Å². The number of aliphatic hydroxyl groups excluding tert-OH is 1. The summed E-state index contributed by atoms with van der Waals surface area (Å²) in [5.41, 5.74) is 2.04. The van der Waals surface area contributed by atoms with Gasteiger partial charge in [0.1, 0.15) is 5.82 Å². The van der Waals surface area contributed by atoms with Gasteiger partial charge in [-0.2, -0.15) is 0 Å². The van der Waals surface area contributed by atoms with Crippen LogP contribution in [0.2, 0.25) is 0 Å².